The second kappa shape index (κ2) is 5.61. The molecule has 0 saturated carbocycles. The van der Waals surface area contributed by atoms with E-state index in [2.05, 4.69) is 26.2 Å². The molecule has 2 aromatic rings. The van der Waals surface area contributed by atoms with Gasteiger partial charge in [0.1, 0.15) is 11.9 Å². The maximum Gasteiger partial charge on any atom is 0.408 e. The van der Waals surface area contributed by atoms with Gasteiger partial charge in [0.25, 0.3) is 0 Å². The number of carbonyl (C=O) groups excluding carboxylic acids is 1. The molecule has 1 aliphatic rings. The molecular weight excluding hydrogens is 363 g/mol. The Bertz CT molecular complexity index is 713. The minimum atomic E-state index is -0.637. The van der Waals surface area contributed by atoms with Gasteiger partial charge in [0.15, 0.2) is 6.10 Å². The average molecular weight is 372 g/mol. The number of halogens is 3. The fourth-order valence-electron chi connectivity index (χ4n) is 2.25. The molecule has 2 atom stereocenters. The number of hydrogen-bond acceptors (Lipinski definition) is 3. The molecule has 1 fully saturated rings. The maximum atomic E-state index is 13.2. The van der Waals surface area contributed by atoms with E-state index in [9.17, 15) is 9.18 Å². The Morgan fingerprint density at radius 3 is 2.86 bits per heavy atom. The minimum absolute atomic E-state index is 0.212. The zero-order valence-electron chi connectivity index (χ0n) is 10.5. The molecule has 2 heterocycles. The number of amides is 1. The fourth-order valence-corrected chi connectivity index (χ4v) is 2.91. The Morgan fingerprint density at radius 1 is 1.33 bits per heavy atom. The molecule has 0 unspecified atom stereocenters. The molecule has 1 saturated heterocycles. The van der Waals surface area contributed by atoms with Crippen molar-refractivity contribution in [1.29, 1.82) is 0 Å². The number of cyclic esters (lactones) is 1. The largest absolute Gasteiger partial charge is 0.439 e. The highest BCUT2D eigenvalue weighted by Gasteiger charge is 2.37. The maximum absolute atomic E-state index is 13.2. The van der Waals surface area contributed by atoms with Crippen molar-refractivity contribution in [2.45, 2.75) is 12.1 Å². The summed E-state index contributed by atoms with van der Waals surface area (Å²) in [6.45, 7) is 0. The molecule has 1 aromatic heterocycles. The molecule has 0 bridgehead atoms. The average Bonchev–Trinajstić information content (AvgIpc) is 2.80. The summed E-state index contributed by atoms with van der Waals surface area (Å²) in [5.41, 5.74) is 1.31. The van der Waals surface area contributed by atoms with Crippen molar-refractivity contribution in [2.24, 2.45) is 0 Å². The van der Waals surface area contributed by atoms with Crippen LogP contribution in [-0.4, -0.2) is 11.1 Å². The van der Waals surface area contributed by atoms with Crippen molar-refractivity contribution in [3.8, 4) is 0 Å². The Morgan fingerprint density at radius 2 is 2.14 bits per heavy atom. The van der Waals surface area contributed by atoms with Gasteiger partial charge < -0.3 is 10.1 Å². The van der Waals surface area contributed by atoms with Gasteiger partial charge in [-0.05, 0) is 39.7 Å². The zero-order valence-corrected chi connectivity index (χ0v) is 12.9. The van der Waals surface area contributed by atoms with Gasteiger partial charge in [-0.1, -0.05) is 17.7 Å². The van der Waals surface area contributed by atoms with Crippen molar-refractivity contribution < 1.29 is 13.9 Å². The van der Waals surface area contributed by atoms with Crippen LogP contribution >= 0.6 is 27.5 Å². The van der Waals surface area contributed by atoms with Crippen LogP contribution in [0.2, 0.25) is 5.02 Å². The van der Waals surface area contributed by atoms with E-state index < -0.39 is 24.1 Å². The standard InChI is InChI=1S/C14H9BrClFN2O2/c15-8-3-7(5-18-6-8)12-13(21-14(20)19-12)10-2-1-9(17)4-11(10)16/h1-6,12-13H,(H,19,20)/t12-,13-/m1/s1. The molecule has 108 valence electrons. The van der Waals surface area contributed by atoms with E-state index in [4.69, 9.17) is 16.3 Å². The molecule has 7 heteroatoms. The summed E-state index contributed by atoms with van der Waals surface area (Å²) >= 11 is 9.39. The third-order valence-electron chi connectivity index (χ3n) is 3.16. The van der Waals surface area contributed by atoms with Gasteiger partial charge in [0.05, 0.1) is 5.02 Å². The summed E-state index contributed by atoms with van der Waals surface area (Å²) in [4.78, 5) is 15.7. The van der Waals surface area contributed by atoms with Crippen molar-refractivity contribution in [3.63, 3.8) is 0 Å². The Kier molecular flexibility index (Phi) is 3.82. The number of alkyl carbamates (subject to hydrolysis) is 1. The number of carbonyl (C=O) groups is 1. The van der Waals surface area contributed by atoms with E-state index in [0.29, 0.717) is 5.56 Å². The topological polar surface area (TPSA) is 51.2 Å². The van der Waals surface area contributed by atoms with Crippen molar-refractivity contribution >= 4 is 33.6 Å². The molecule has 21 heavy (non-hydrogen) atoms. The molecule has 0 radical (unpaired) electrons. The van der Waals surface area contributed by atoms with Crippen LogP contribution in [0.25, 0.3) is 0 Å². The normalized spacial score (nSPS) is 21.0. The van der Waals surface area contributed by atoms with E-state index in [-0.39, 0.29) is 5.02 Å². The Hall–Kier alpha value is -1.66. The lowest BCUT2D eigenvalue weighted by Crippen LogP contribution is -2.19. The number of benzene rings is 1. The molecule has 0 aliphatic carbocycles. The lowest BCUT2D eigenvalue weighted by Gasteiger charge is -2.18. The first-order valence-electron chi connectivity index (χ1n) is 6.07. The lowest BCUT2D eigenvalue weighted by atomic mass is 9.97. The number of hydrogen-bond donors (Lipinski definition) is 1. The quantitative estimate of drug-likeness (QED) is 0.862. The van der Waals surface area contributed by atoms with E-state index in [1.165, 1.54) is 18.2 Å². The smallest absolute Gasteiger partial charge is 0.408 e. The van der Waals surface area contributed by atoms with E-state index in [1.807, 2.05) is 6.07 Å². The number of nitrogens with zero attached hydrogens (tertiary/aromatic N) is 1. The highest BCUT2D eigenvalue weighted by atomic mass is 79.9. The van der Waals surface area contributed by atoms with Gasteiger partial charge in [0.2, 0.25) is 0 Å². The van der Waals surface area contributed by atoms with Gasteiger partial charge >= 0.3 is 6.09 Å². The van der Waals surface area contributed by atoms with Crippen LogP contribution in [0.15, 0.2) is 41.1 Å². The van der Waals surface area contributed by atoms with Crippen LogP contribution in [0, 0.1) is 5.82 Å². The summed E-state index contributed by atoms with van der Waals surface area (Å²) in [7, 11) is 0. The van der Waals surface area contributed by atoms with E-state index in [1.54, 1.807) is 12.4 Å². The van der Waals surface area contributed by atoms with Gasteiger partial charge in [0, 0.05) is 22.4 Å². The summed E-state index contributed by atoms with van der Waals surface area (Å²) in [5.74, 6) is -0.443. The summed E-state index contributed by atoms with van der Waals surface area (Å²) < 4.78 is 19.2. The second-order valence-corrected chi connectivity index (χ2v) is 5.87. The van der Waals surface area contributed by atoms with Crippen molar-refractivity contribution in [2.75, 3.05) is 0 Å². The molecule has 1 aromatic carbocycles. The van der Waals surface area contributed by atoms with Gasteiger partial charge in [-0.2, -0.15) is 0 Å². The number of rotatable bonds is 2. The number of ether oxygens (including phenoxy) is 1. The first-order chi connectivity index (χ1) is 10.0. The van der Waals surface area contributed by atoms with Crippen LogP contribution in [0.5, 0.6) is 0 Å². The van der Waals surface area contributed by atoms with Crippen LogP contribution in [0.4, 0.5) is 9.18 Å². The number of nitrogens with one attached hydrogen (secondary N) is 1. The molecule has 1 amide bonds. The second-order valence-electron chi connectivity index (χ2n) is 4.55. The van der Waals surface area contributed by atoms with Gasteiger partial charge in [-0.3, -0.25) is 4.98 Å². The molecular formula is C14H9BrClFN2O2. The lowest BCUT2D eigenvalue weighted by molar-refractivity contribution is 0.132. The van der Waals surface area contributed by atoms with Crippen molar-refractivity contribution in [3.05, 3.63) is 63.1 Å². The third-order valence-corrected chi connectivity index (χ3v) is 3.93. The predicted molar refractivity (Wildman–Crippen MR) is 78.4 cm³/mol. The zero-order chi connectivity index (χ0) is 15.0. The van der Waals surface area contributed by atoms with Crippen molar-refractivity contribution in [1.82, 2.24) is 10.3 Å². The van der Waals surface area contributed by atoms with E-state index in [0.717, 1.165) is 10.0 Å². The summed E-state index contributed by atoms with van der Waals surface area (Å²) in [6, 6.07) is 5.38. The minimum Gasteiger partial charge on any atom is -0.439 e. The Labute approximate surface area is 133 Å². The summed E-state index contributed by atoms with van der Waals surface area (Å²) in [5, 5.41) is 2.93. The first-order valence-corrected chi connectivity index (χ1v) is 7.24. The first kappa shape index (κ1) is 14.3. The van der Waals surface area contributed by atoms with Gasteiger partial charge in [-0.15, -0.1) is 0 Å². The Balaban J connectivity index is 2.01. The third kappa shape index (κ3) is 2.87. The number of pyridine rings is 1. The monoisotopic (exact) mass is 370 g/mol. The van der Waals surface area contributed by atoms with Crippen LogP contribution in [-0.2, 0) is 4.74 Å². The van der Waals surface area contributed by atoms with E-state index >= 15 is 0 Å². The molecule has 0 spiro atoms. The predicted octanol–water partition coefficient (Wildman–Crippen LogP) is 4.16. The highest BCUT2D eigenvalue weighted by molar-refractivity contribution is 9.10. The highest BCUT2D eigenvalue weighted by Crippen LogP contribution is 2.39. The van der Waals surface area contributed by atoms with Crippen LogP contribution < -0.4 is 5.32 Å². The molecule has 3 rings (SSSR count). The molecule has 4 nitrogen and oxygen atoms in total. The SMILES string of the molecule is O=C1N[C@H](c2cncc(Br)c2)[C@@H](c2ccc(F)cc2Cl)O1. The van der Waals surface area contributed by atoms with Crippen LogP contribution in [0.3, 0.4) is 0 Å². The van der Waals surface area contributed by atoms with Gasteiger partial charge in [-0.25, -0.2) is 9.18 Å². The number of aromatic nitrogens is 1. The van der Waals surface area contributed by atoms with Crippen LogP contribution in [0.1, 0.15) is 23.3 Å². The molecule has 1 N–H and O–H groups in total. The fraction of sp³-hybridized carbons (Fsp3) is 0.143. The molecule has 1 aliphatic heterocycles. The summed E-state index contributed by atoms with van der Waals surface area (Å²) in [6.07, 6.45) is 2.09.